The summed E-state index contributed by atoms with van der Waals surface area (Å²) in [5.41, 5.74) is 3.13. The maximum Gasteiger partial charge on any atom is 0.253 e. The van der Waals surface area contributed by atoms with E-state index in [1.807, 2.05) is 38.8 Å². The lowest BCUT2D eigenvalue weighted by atomic mass is 9.93. The predicted octanol–water partition coefficient (Wildman–Crippen LogP) is 4.28. The van der Waals surface area contributed by atoms with Gasteiger partial charge < -0.3 is 15.0 Å². The molecule has 5 rings (SSSR count). The number of carbonyl (C=O) groups is 1. The highest BCUT2D eigenvalue weighted by Crippen LogP contribution is 2.36. The summed E-state index contributed by atoms with van der Waals surface area (Å²) in [7, 11) is 7.02. The zero-order chi connectivity index (χ0) is 25.4. The van der Waals surface area contributed by atoms with Gasteiger partial charge in [-0.1, -0.05) is 0 Å². The Balaban J connectivity index is 1.34. The number of fused-ring (bicyclic) bond motifs is 1. The van der Waals surface area contributed by atoms with Crippen LogP contribution in [0.3, 0.4) is 0 Å². The first kappa shape index (κ1) is 23.8. The fourth-order valence-electron chi connectivity index (χ4n) is 4.78. The maximum absolute atomic E-state index is 14.7. The molecule has 10 heteroatoms. The first-order valence-electron chi connectivity index (χ1n) is 12.1. The van der Waals surface area contributed by atoms with Crippen LogP contribution < -0.4 is 10.1 Å². The summed E-state index contributed by atoms with van der Waals surface area (Å²) in [6, 6.07) is 6.61. The molecule has 1 aliphatic rings. The Labute approximate surface area is 208 Å². The van der Waals surface area contributed by atoms with Crippen molar-refractivity contribution in [3.05, 3.63) is 54.2 Å². The van der Waals surface area contributed by atoms with Gasteiger partial charge in [-0.15, -0.1) is 0 Å². The molecule has 1 saturated carbocycles. The number of hydrogen-bond donors (Lipinski definition) is 1. The van der Waals surface area contributed by atoms with Crippen LogP contribution >= 0.6 is 0 Å². The van der Waals surface area contributed by atoms with E-state index in [1.165, 1.54) is 11.0 Å². The Kier molecular flexibility index (Phi) is 6.34. The fourth-order valence-corrected chi connectivity index (χ4v) is 4.78. The Morgan fingerprint density at radius 2 is 1.94 bits per heavy atom. The summed E-state index contributed by atoms with van der Waals surface area (Å²) in [6.45, 7) is 0. The van der Waals surface area contributed by atoms with Gasteiger partial charge in [-0.05, 0) is 43.9 Å². The minimum atomic E-state index is -0.517. The van der Waals surface area contributed by atoms with E-state index < -0.39 is 5.82 Å². The topological polar surface area (TPSA) is 90.1 Å². The average molecular weight is 492 g/mol. The second-order valence-corrected chi connectivity index (χ2v) is 9.43. The first-order valence-corrected chi connectivity index (χ1v) is 12.1. The van der Waals surface area contributed by atoms with E-state index in [1.54, 1.807) is 30.9 Å². The lowest BCUT2D eigenvalue weighted by molar-refractivity contribution is 0.0826. The van der Waals surface area contributed by atoms with Crippen LogP contribution in [0, 0.1) is 5.82 Å². The molecule has 1 fully saturated rings. The molecule has 1 aliphatic carbocycles. The normalized spacial score (nSPS) is 17.8. The molecule has 36 heavy (non-hydrogen) atoms. The van der Waals surface area contributed by atoms with Crippen molar-refractivity contribution in [3.63, 3.8) is 0 Å². The third-order valence-corrected chi connectivity index (χ3v) is 6.69. The number of halogens is 1. The molecule has 0 aliphatic heterocycles. The minimum Gasteiger partial charge on any atom is -0.487 e. The van der Waals surface area contributed by atoms with E-state index in [0.717, 1.165) is 53.7 Å². The molecule has 3 aromatic heterocycles. The van der Waals surface area contributed by atoms with E-state index >= 15 is 0 Å². The summed E-state index contributed by atoms with van der Waals surface area (Å²) in [5.74, 6) is 0.206. The van der Waals surface area contributed by atoms with Crippen LogP contribution in [0.2, 0.25) is 0 Å². The molecule has 3 heterocycles. The number of pyridine rings is 1. The number of ether oxygens (including phenoxy) is 1. The van der Waals surface area contributed by atoms with Gasteiger partial charge in [-0.25, -0.2) is 9.37 Å². The van der Waals surface area contributed by atoms with E-state index in [0.29, 0.717) is 5.56 Å². The van der Waals surface area contributed by atoms with Crippen molar-refractivity contribution in [1.29, 1.82) is 0 Å². The number of nitrogens with zero attached hydrogens (tertiary/aromatic N) is 6. The highest BCUT2D eigenvalue weighted by molar-refractivity contribution is 5.94. The Hall–Kier alpha value is -3.95. The quantitative estimate of drug-likeness (QED) is 0.433. The smallest absolute Gasteiger partial charge is 0.253 e. The molecule has 0 saturated heterocycles. The molecule has 1 aromatic carbocycles. The van der Waals surface area contributed by atoms with Crippen LogP contribution in [0.5, 0.6) is 5.75 Å². The number of amides is 1. The van der Waals surface area contributed by atoms with Crippen molar-refractivity contribution in [2.75, 3.05) is 26.5 Å². The molecule has 0 unspecified atom stereocenters. The van der Waals surface area contributed by atoms with Gasteiger partial charge in [0.1, 0.15) is 11.5 Å². The molecule has 9 nitrogen and oxygen atoms in total. The number of aromatic nitrogens is 5. The van der Waals surface area contributed by atoms with Crippen LogP contribution in [0.25, 0.3) is 22.2 Å². The van der Waals surface area contributed by atoms with Gasteiger partial charge in [-0.2, -0.15) is 10.2 Å². The summed E-state index contributed by atoms with van der Waals surface area (Å²) in [5, 5.41) is 13.4. The number of anilines is 1. The third-order valence-electron chi connectivity index (χ3n) is 6.69. The second kappa shape index (κ2) is 9.60. The van der Waals surface area contributed by atoms with Gasteiger partial charge in [-0.3, -0.25) is 14.2 Å². The lowest BCUT2D eigenvalue weighted by Crippen LogP contribution is -2.26. The SMILES string of the molecule is CNc1cc2c(cn1)c(-c1cnn(C)c1)nn2C1CCC(Oc2ccc(C(=O)N(C)C)cc2F)CC1. The van der Waals surface area contributed by atoms with Crippen molar-refractivity contribution in [2.24, 2.45) is 7.05 Å². The summed E-state index contributed by atoms with van der Waals surface area (Å²) >= 11 is 0. The minimum absolute atomic E-state index is 0.0969. The fraction of sp³-hybridized carbons (Fsp3) is 0.385. The Morgan fingerprint density at radius 3 is 2.58 bits per heavy atom. The number of nitrogens with one attached hydrogen (secondary N) is 1. The largest absolute Gasteiger partial charge is 0.487 e. The van der Waals surface area contributed by atoms with E-state index in [2.05, 4.69) is 20.1 Å². The molecular weight excluding hydrogens is 461 g/mol. The monoisotopic (exact) mass is 491 g/mol. The molecular formula is C26H30FN7O2. The van der Waals surface area contributed by atoms with Gasteiger partial charge in [0.15, 0.2) is 11.6 Å². The van der Waals surface area contributed by atoms with E-state index in [-0.39, 0.29) is 23.8 Å². The van der Waals surface area contributed by atoms with Crippen molar-refractivity contribution >= 4 is 22.6 Å². The average Bonchev–Trinajstić information content (AvgIpc) is 3.48. The molecule has 0 atom stereocenters. The second-order valence-electron chi connectivity index (χ2n) is 9.43. The van der Waals surface area contributed by atoms with Crippen LogP contribution in [0.15, 0.2) is 42.9 Å². The summed E-state index contributed by atoms with van der Waals surface area (Å²) in [6.07, 6.45) is 8.78. The van der Waals surface area contributed by atoms with Gasteiger partial charge >= 0.3 is 0 Å². The highest BCUT2D eigenvalue weighted by Gasteiger charge is 2.27. The third kappa shape index (κ3) is 4.50. The number of aryl methyl sites for hydroxylation is 1. The molecule has 188 valence electrons. The van der Waals surface area contributed by atoms with Crippen LogP contribution in [0.1, 0.15) is 42.1 Å². The molecule has 1 N–H and O–H groups in total. The standard InChI is InChI=1S/C26H30FN7O2/c1-28-24-12-22-20(14-29-24)25(17-13-30-33(4)15-17)31-34(22)18-6-8-19(9-7-18)36-23-10-5-16(11-21(23)27)26(35)32(2)3/h5,10-15,18-19H,6-9H2,1-4H3,(H,28,29). The Bertz CT molecular complexity index is 1400. The van der Waals surface area contributed by atoms with Gasteiger partial charge in [0.25, 0.3) is 5.91 Å². The van der Waals surface area contributed by atoms with Crippen molar-refractivity contribution in [3.8, 4) is 17.0 Å². The van der Waals surface area contributed by atoms with Crippen LogP contribution in [-0.2, 0) is 7.05 Å². The van der Waals surface area contributed by atoms with Gasteiger partial charge in [0.2, 0.25) is 0 Å². The maximum atomic E-state index is 14.7. The molecule has 4 aromatic rings. The van der Waals surface area contributed by atoms with Gasteiger partial charge in [0.05, 0.1) is 23.9 Å². The number of rotatable bonds is 6. The lowest BCUT2D eigenvalue weighted by Gasteiger charge is -2.29. The molecule has 0 spiro atoms. The summed E-state index contributed by atoms with van der Waals surface area (Å²) in [4.78, 5) is 18.0. The zero-order valence-electron chi connectivity index (χ0n) is 20.9. The Morgan fingerprint density at radius 1 is 1.17 bits per heavy atom. The molecule has 1 amide bonds. The van der Waals surface area contributed by atoms with E-state index in [4.69, 9.17) is 9.84 Å². The van der Waals surface area contributed by atoms with Crippen LogP contribution in [0.4, 0.5) is 10.2 Å². The first-order chi connectivity index (χ1) is 17.3. The zero-order valence-corrected chi connectivity index (χ0v) is 20.9. The van der Waals surface area contributed by atoms with Gasteiger partial charge in [0, 0.05) is 63.2 Å². The van der Waals surface area contributed by atoms with Crippen molar-refractivity contribution in [2.45, 2.75) is 37.8 Å². The number of benzene rings is 1. The highest BCUT2D eigenvalue weighted by atomic mass is 19.1. The summed E-state index contributed by atoms with van der Waals surface area (Å²) < 4.78 is 24.5. The molecule has 0 radical (unpaired) electrons. The molecule has 0 bridgehead atoms. The van der Waals surface area contributed by atoms with E-state index in [9.17, 15) is 9.18 Å². The number of carbonyl (C=O) groups excluding carboxylic acids is 1. The number of hydrogen-bond acceptors (Lipinski definition) is 6. The van der Waals surface area contributed by atoms with Crippen LogP contribution in [-0.4, -0.2) is 62.6 Å². The van der Waals surface area contributed by atoms with Crippen molar-refractivity contribution < 1.29 is 13.9 Å². The van der Waals surface area contributed by atoms with Crippen molar-refractivity contribution in [1.82, 2.24) is 29.4 Å². The predicted molar refractivity (Wildman–Crippen MR) is 136 cm³/mol.